The number of thiazole rings is 1. The number of para-hydroxylation sites is 1. The van der Waals surface area contributed by atoms with Gasteiger partial charge < -0.3 is 10.6 Å². The van der Waals surface area contributed by atoms with Gasteiger partial charge in [-0.2, -0.15) is 0 Å². The number of thiocarbonyl (C=S) groups is 1. The van der Waals surface area contributed by atoms with Gasteiger partial charge in [-0.15, -0.1) is 11.3 Å². The van der Waals surface area contributed by atoms with Crippen LogP contribution < -0.4 is 10.6 Å². The fourth-order valence-corrected chi connectivity index (χ4v) is 8.76. The Morgan fingerprint density at radius 2 is 1.23 bits per heavy atom. The Morgan fingerprint density at radius 1 is 0.681 bits per heavy atom. The van der Waals surface area contributed by atoms with E-state index in [-0.39, 0.29) is 5.41 Å². The second kappa shape index (κ2) is 18.1. The molecule has 0 radical (unpaired) electrons. The molecule has 0 atom stereocenters. The normalized spacial score (nSPS) is 13.1. The molecule has 0 saturated heterocycles. The predicted octanol–water partition coefficient (Wildman–Crippen LogP) is 13.2. The van der Waals surface area contributed by atoms with Crippen molar-refractivity contribution in [3.63, 3.8) is 0 Å². The Morgan fingerprint density at radius 3 is 1.83 bits per heavy atom. The Kier molecular flexibility index (Phi) is 13.7. The van der Waals surface area contributed by atoms with Crippen LogP contribution in [0.4, 0.5) is 5.69 Å². The predicted molar refractivity (Wildman–Crippen MR) is 211 cm³/mol. The van der Waals surface area contributed by atoms with Crippen LogP contribution in [-0.4, -0.2) is 17.1 Å². The molecule has 0 saturated carbocycles. The van der Waals surface area contributed by atoms with Crippen molar-refractivity contribution in [3.8, 4) is 21.7 Å². The van der Waals surface area contributed by atoms with E-state index in [1.54, 1.807) is 0 Å². The highest BCUT2D eigenvalue weighted by Crippen LogP contribution is 2.55. The molecule has 3 nitrogen and oxygen atoms in total. The zero-order valence-electron chi connectivity index (χ0n) is 29.3. The van der Waals surface area contributed by atoms with Crippen molar-refractivity contribution in [2.75, 3.05) is 12.4 Å². The molecule has 5 rings (SSSR count). The van der Waals surface area contributed by atoms with Gasteiger partial charge in [0.05, 0.1) is 10.2 Å². The molecule has 252 valence electrons. The van der Waals surface area contributed by atoms with Crippen LogP contribution in [-0.2, 0) is 5.41 Å². The first-order valence-electron chi connectivity index (χ1n) is 18.7. The van der Waals surface area contributed by atoms with E-state index in [4.69, 9.17) is 17.2 Å². The fourth-order valence-electron chi connectivity index (χ4n) is 7.68. The number of benzene rings is 3. The molecule has 0 aliphatic heterocycles. The Bertz CT molecular complexity index is 1520. The summed E-state index contributed by atoms with van der Waals surface area (Å²) in [6, 6.07) is 22.7. The molecule has 47 heavy (non-hydrogen) atoms. The lowest BCUT2D eigenvalue weighted by molar-refractivity contribution is 0.397. The van der Waals surface area contributed by atoms with Gasteiger partial charge in [-0.05, 0) is 77.6 Å². The van der Waals surface area contributed by atoms with Gasteiger partial charge in [0, 0.05) is 23.7 Å². The van der Waals surface area contributed by atoms with E-state index < -0.39 is 0 Å². The number of unbranched alkanes of at least 4 members (excludes halogenated alkanes) is 14. The van der Waals surface area contributed by atoms with E-state index in [0.29, 0.717) is 5.11 Å². The second-order valence-corrected chi connectivity index (χ2v) is 15.2. The van der Waals surface area contributed by atoms with Gasteiger partial charge in [-0.25, -0.2) is 4.98 Å². The summed E-state index contributed by atoms with van der Waals surface area (Å²) in [6.45, 7) is 4.61. The number of hydrogen-bond donors (Lipinski definition) is 2. The minimum absolute atomic E-state index is 0.000726. The van der Waals surface area contributed by atoms with E-state index >= 15 is 0 Å². The molecule has 1 aliphatic carbocycles. The molecule has 0 unspecified atom stereocenters. The van der Waals surface area contributed by atoms with Gasteiger partial charge in [0.25, 0.3) is 0 Å². The third-order valence-corrected chi connectivity index (χ3v) is 11.7. The summed E-state index contributed by atoms with van der Waals surface area (Å²) in [5.74, 6) is 0. The summed E-state index contributed by atoms with van der Waals surface area (Å²) in [6.07, 6.45) is 23.9. The van der Waals surface area contributed by atoms with Crippen LogP contribution in [0.1, 0.15) is 141 Å². The molecule has 1 heterocycles. The lowest BCUT2D eigenvalue weighted by Gasteiger charge is -2.33. The number of rotatable bonds is 20. The van der Waals surface area contributed by atoms with Gasteiger partial charge >= 0.3 is 0 Å². The topological polar surface area (TPSA) is 37.0 Å². The number of fused-ring (bicyclic) bond motifs is 4. The molecule has 1 aromatic heterocycles. The molecule has 1 aliphatic rings. The maximum Gasteiger partial charge on any atom is 0.170 e. The first-order chi connectivity index (χ1) is 23.1. The molecule has 0 bridgehead atoms. The molecule has 5 heteroatoms. The van der Waals surface area contributed by atoms with Crippen molar-refractivity contribution < 1.29 is 0 Å². The van der Waals surface area contributed by atoms with Crippen LogP contribution in [0.3, 0.4) is 0 Å². The van der Waals surface area contributed by atoms with Crippen molar-refractivity contribution in [1.29, 1.82) is 0 Å². The molecular formula is C42H57N3S2. The zero-order chi connectivity index (χ0) is 32.9. The number of anilines is 1. The first kappa shape index (κ1) is 35.5. The first-order valence-corrected chi connectivity index (χ1v) is 20.0. The SMILES string of the molecule is CCCCCCCCCCC1(CCCCCCCCCC)c2cc(NC(=S)NC)ccc2-c2ccc(-c3nc4ccccc4s3)cc21. The largest absolute Gasteiger partial charge is 0.366 e. The smallest absolute Gasteiger partial charge is 0.170 e. The number of aromatic nitrogens is 1. The minimum Gasteiger partial charge on any atom is -0.366 e. The maximum atomic E-state index is 5.54. The van der Waals surface area contributed by atoms with Gasteiger partial charge in [0.1, 0.15) is 5.01 Å². The summed E-state index contributed by atoms with van der Waals surface area (Å²) in [5, 5.41) is 8.34. The highest BCUT2D eigenvalue weighted by atomic mass is 32.1. The molecule has 2 N–H and O–H groups in total. The van der Waals surface area contributed by atoms with Crippen molar-refractivity contribution in [2.24, 2.45) is 0 Å². The molecule has 0 spiro atoms. The fraction of sp³-hybridized carbons (Fsp3) is 0.524. The van der Waals surface area contributed by atoms with Crippen LogP contribution in [0.15, 0.2) is 60.7 Å². The summed E-state index contributed by atoms with van der Waals surface area (Å²) >= 11 is 7.35. The highest BCUT2D eigenvalue weighted by molar-refractivity contribution is 7.80. The standard InChI is InChI=1S/C42H57N3S2/c1-4-6-8-10-12-14-16-20-28-42(29-21-17-15-13-11-9-7-5-2)36-30-32(40-45-38-22-18-19-23-39(38)47-40)24-26-34(36)35-27-25-33(31-37(35)42)44-41(46)43-3/h18-19,22-27,30-31H,4-17,20-21,28-29H2,1-3H3,(H2,43,44,46). The van der Waals surface area contributed by atoms with Gasteiger partial charge in [-0.1, -0.05) is 147 Å². The lowest BCUT2D eigenvalue weighted by atomic mass is 9.70. The third kappa shape index (κ3) is 9.03. The summed E-state index contributed by atoms with van der Waals surface area (Å²) in [4.78, 5) is 5.08. The Balaban J connectivity index is 1.46. The van der Waals surface area contributed by atoms with Gasteiger partial charge in [-0.3, -0.25) is 0 Å². The monoisotopic (exact) mass is 667 g/mol. The van der Waals surface area contributed by atoms with Gasteiger partial charge in [0.15, 0.2) is 5.11 Å². The number of nitrogens with one attached hydrogen (secondary N) is 2. The lowest BCUT2D eigenvalue weighted by Crippen LogP contribution is -2.27. The average Bonchev–Trinajstić information content (AvgIpc) is 3.64. The van der Waals surface area contributed by atoms with Crippen LogP contribution in [0.25, 0.3) is 31.9 Å². The Labute approximate surface area is 294 Å². The van der Waals surface area contributed by atoms with Crippen molar-refractivity contribution in [3.05, 3.63) is 71.8 Å². The Hall–Kier alpha value is -2.76. The maximum absolute atomic E-state index is 5.54. The zero-order valence-corrected chi connectivity index (χ0v) is 30.9. The van der Waals surface area contributed by atoms with Crippen molar-refractivity contribution >= 4 is 44.6 Å². The summed E-state index contributed by atoms with van der Waals surface area (Å²) < 4.78 is 1.26. The third-order valence-electron chi connectivity index (χ3n) is 10.3. The van der Waals surface area contributed by atoms with E-state index in [9.17, 15) is 0 Å². The quantitative estimate of drug-likeness (QED) is 0.0726. The van der Waals surface area contributed by atoms with Crippen LogP contribution in [0, 0.1) is 0 Å². The second-order valence-electron chi connectivity index (χ2n) is 13.7. The summed E-state index contributed by atoms with van der Waals surface area (Å²) in [5.41, 5.74) is 9.24. The number of hydrogen-bond acceptors (Lipinski definition) is 3. The molecule has 4 aromatic rings. The number of nitrogens with zero attached hydrogens (tertiary/aromatic N) is 1. The highest BCUT2D eigenvalue weighted by Gasteiger charge is 2.42. The van der Waals surface area contributed by atoms with E-state index in [1.807, 2.05) is 18.4 Å². The average molecular weight is 668 g/mol. The minimum atomic E-state index is 0.000726. The molecular weight excluding hydrogens is 611 g/mol. The van der Waals surface area contributed by atoms with E-state index in [0.717, 1.165) is 16.2 Å². The van der Waals surface area contributed by atoms with Crippen LogP contribution >= 0.6 is 23.6 Å². The van der Waals surface area contributed by atoms with E-state index in [1.165, 1.54) is 148 Å². The molecule has 0 fully saturated rings. The van der Waals surface area contributed by atoms with Gasteiger partial charge in [0.2, 0.25) is 0 Å². The van der Waals surface area contributed by atoms with Crippen LogP contribution in [0.5, 0.6) is 0 Å². The van der Waals surface area contributed by atoms with Crippen molar-refractivity contribution in [2.45, 2.75) is 135 Å². The summed E-state index contributed by atoms with van der Waals surface area (Å²) in [7, 11) is 1.89. The molecule has 3 aromatic carbocycles. The van der Waals surface area contributed by atoms with Crippen LogP contribution in [0.2, 0.25) is 0 Å². The molecule has 0 amide bonds. The van der Waals surface area contributed by atoms with E-state index in [2.05, 4.69) is 85.1 Å². The van der Waals surface area contributed by atoms with Crippen molar-refractivity contribution in [1.82, 2.24) is 10.3 Å².